The average molecular weight is 254 g/mol. The fraction of sp³-hybridized carbons (Fsp3) is 0.538. The lowest BCUT2D eigenvalue weighted by Crippen LogP contribution is -2.10. The monoisotopic (exact) mass is 254 g/mol. The normalized spacial score (nSPS) is 20.1. The molecule has 0 amide bonds. The van der Waals surface area contributed by atoms with Gasteiger partial charge in [0.05, 0.1) is 13.7 Å². The summed E-state index contributed by atoms with van der Waals surface area (Å²) in [6.45, 7) is 4.33. The lowest BCUT2D eigenvalue weighted by atomic mass is 10.2. The summed E-state index contributed by atoms with van der Waals surface area (Å²) in [6.07, 6.45) is 6.24. The van der Waals surface area contributed by atoms with Crippen LogP contribution in [0.2, 0.25) is 0 Å². The van der Waals surface area contributed by atoms with Gasteiger partial charge in [0.1, 0.15) is 12.7 Å². The van der Waals surface area contributed by atoms with Crippen molar-refractivity contribution in [3.8, 4) is 0 Å². The summed E-state index contributed by atoms with van der Waals surface area (Å²) < 4.78 is 14.1. The van der Waals surface area contributed by atoms with Crippen LogP contribution in [0, 0.1) is 0 Å². The molecule has 0 radical (unpaired) electrons. The van der Waals surface area contributed by atoms with E-state index in [4.69, 9.17) is 9.47 Å². The second-order valence-electron chi connectivity index (χ2n) is 3.90. The Morgan fingerprint density at radius 1 is 1.61 bits per heavy atom. The fourth-order valence-corrected chi connectivity index (χ4v) is 1.37. The molecule has 1 saturated heterocycles. The highest BCUT2D eigenvalue weighted by molar-refractivity contribution is 5.88. The molecular formula is C13H18O5. The Morgan fingerprint density at radius 2 is 2.33 bits per heavy atom. The maximum atomic E-state index is 11.2. The summed E-state index contributed by atoms with van der Waals surface area (Å²) in [6, 6.07) is 0. The number of epoxide rings is 1. The van der Waals surface area contributed by atoms with Gasteiger partial charge in [-0.2, -0.15) is 0 Å². The van der Waals surface area contributed by atoms with Gasteiger partial charge in [0, 0.05) is 11.6 Å². The predicted molar refractivity (Wildman–Crippen MR) is 64.8 cm³/mol. The van der Waals surface area contributed by atoms with Crippen molar-refractivity contribution in [2.24, 2.45) is 0 Å². The van der Waals surface area contributed by atoms with Crippen LogP contribution < -0.4 is 0 Å². The minimum Gasteiger partial charge on any atom is -0.466 e. The molecule has 0 aromatic rings. The zero-order valence-corrected chi connectivity index (χ0v) is 10.5. The van der Waals surface area contributed by atoms with E-state index in [0.717, 1.165) is 37.5 Å². The van der Waals surface area contributed by atoms with Gasteiger partial charge in [0.25, 0.3) is 0 Å². The van der Waals surface area contributed by atoms with Gasteiger partial charge < -0.3 is 14.2 Å². The van der Waals surface area contributed by atoms with Gasteiger partial charge in [-0.3, -0.25) is 0 Å². The highest BCUT2D eigenvalue weighted by Crippen LogP contribution is 2.19. The van der Waals surface area contributed by atoms with Crippen molar-refractivity contribution in [1.29, 1.82) is 0 Å². The van der Waals surface area contributed by atoms with Gasteiger partial charge >= 0.3 is 11.9 Å². The Labute approximate surface area is 106 Å². The van der Waals surface area contributed by atoms with Crippen LogP contribution in [0.3, 0.4) is 0 Å². The summed E-state index contributed by atoms with van der Waals surface area (Å²) in [5.74, 6) is -0.544. The molecular weight excluding hydrogens is 236 g/mol. The molecule has 5 heteroatoms. The van der Waals surface area contributed by atoms with E-state index in [-0.39, 0.29) is 12.1 Å². The third-order valence-electron chi connectivity index (χ3n) is 2.47. The topological polar surface area (TPSA) is 65.1 Å². The van der Waals surface area contributed by atoms with Crippen LogP contribution in [0.1, 0.15) is 19.3 Å². The first-order chi connectivity index (χ1) is 8.67. The smallest absolute Gasteiger partial charge is 0.333 e. The Kier molecular flexibility index (Phi) is 6.14. The number of hydrogen-bond acceptors (Lipinski definition) is 5. The summed E-state index contributed by atoms with van der Waals surface area (Å²) in [5, 5.41) is 0. The standard InChI is InChI=1S/C9H12O3.C4H6O2/c10-9(7-3-1-2-4-7)12-6-8-5-11-8;1-3-4(5)6-2/h3,8H,1-2,4-6H2;3H,1H2,2H3. The molecule has 0 saturated carbocycles. The number of hydrogen-bond donors (Lipinski definition) is 0. The largest absolute Gasteiger partial charge is 0.466 e. The van der Waals surface area contributed by atoms with E-state index in [1.807, 2.05) is 6.08 Å². The Hall–Kier alpha value is -1.62. The van der Waals surface area contributed by atoms with E-state index < -0.39 is 5.97 Å². The summed E-state index contributed by atoms with van der Waals surface area (Å²) >= 11 is 0. The Bertz CT molecular complexity index is 341. The van der Waals surface area contributed by atoms with Crippen LogP contribution in [-0.2, 0) is 23.8 Å². The molecule has 1 heterocycles. The van der Waals surface area contributed by atoms with Gasteiger partial charge in [-0.25, -0.2) is 9.59 Å². The van der Waals surface area contributed by atoms with Crippen LogP contribution >= 0.6 is 0 Å². The van der Waals surface area contributed by atoms with E-state index in [0.29, 0.717) is 6.61 Å². The fourth-order valence-electron chi connectivity index (χ4n) is 1.37. The number of methoxy groups -OCH3 is 1. The quantitative estimate of drug-likeness (QED) is 0.431. The van der Waals surface area contributed by atoms with Crippen LogP contribution in [0.4, 0.5) is 0 Å². The van der Waals surface area contributed by atoms with E-state index in [1.165, 1.54) is 7.11 Å². The first kappa shape index (κ1) is 14.4. The van der Waals surface area contributed by atoms with E-state index in [9.17, 15) is 9.59 Å². The van der Waals surface area contributed by atoms with Crippen LogP contribution in [0.25, 0.3) is 0 Å². The molecule has 0 bridgehead atoms. The zero-order valence-electron chi connectivity index (χ0n) is 10.5. The molecule has 1 aliphatic carbocycles. The van der Waals surface area contributed by atoms with E-state index >= 15 is 0 Å². The van der Waals surface area contributed by atoms with E-state index in [1.54, 1.807) is 0 Å². The van der Waals surface area contributed by atoms with Crippen LogP contribution in [0.15, 0.2) is 24.3 Å². The van der Waals surface area contributed by atoms with Crippen molar-refractivity contribution in [2.45, 2.75) is 25.4 Å². The molecule has 100 valence electrons. The van der Waals surface area contributed by atoms with Crippen LogP contribution in [-0.4, -0.2) is 38.4 Å². The van der Waals surface area contributed by atoms with Crippen molar-refractivity contribution in [3.05, 3.63) is 24.3 Å². The second kappa shape index (κ2) is 7.66. The number of ether oxygens (including phenoxy) is 3. The molecule has 1 atom stereocenters. The molecule has 0 spiro atoms. The Balaban J connectivity index is 0.000000232. The third kappa shape index (κ3) is 5.63. The number of carbonyl (C=O) groups excluding carboxylic acids is 2. The summed E-state index contributed by atoms with van der Waals surface area (Å²) in [5.41, 5.74) is 0.843. The van der Waals surface area contributed by atoms with Gasteiger partial charge in [-0.05, 0) is 19.3 Å². The highest BCUT2D eigenvalue weighted by Gasteiger charge is 2.25. The number of allylic oxidation sites excluding steroid dienone is 1. The first-order valence-corrected chi connectivity index (χ1v) is 5.85. The third-order valence-corrected chi connectivity index (χ3v) is 2.47. The molecule has 2 rings (SSSR count). The Morgan fingerprint density at radius 3 is 2.72 bits per heavy atom. The van der Waals surface area contributed by atoms with Gasteiger partial charge in [0.15, 0.2) is 0 Å². The summed E-state index contributed by atoms with van der Waals surface area (Å²) in [7, 11) is 1.31. The first-order valence-electron chi connectivity index (χ1n) is 5.85. The van der Waals surface area contributed by atoms with Crippen LogP contribution in [0.5, 0.6) is 0 Å². The molecule has 18 heavy (non-hydrogen) atoms. The summed E-state index contributed by atoms with van der Waals surface area (Å²) in [4.78, 5) is 21.1. The molecule has 1 aliphatic heterocycles. The van der Waals surface area contributed by atoms with Crippen molar-refractivity contribution in [2.75, 3.05) is 20.3 Å². The lowest BCUT2D eigenvalue weighted by Gasteiger charge is -2.01. The minimum atomic E-state index is -0.394. The minimum absolute atomic E-state index is 0.150. The SMILES string of the molecule is C=CC(=O)OC.O=C(OCC1CO1)C1=CCCC1. The molecule has 0 aromatic heterocycles. The van der Waals surface area contributed by atoms with Crippen molar-refractivity contribution in [1.82, 2.24) is 0 Å². The average Bonchev–Trinajstić information content (AvgIpc) is 3.07. The van der Waals surface area contributed by atoms with Crippen molar-refractivity contribution in [3.63, 3.8) is 0 Å². The van der Waals surface area contributed by atoms with Gasteiger partial charge in [0.2, 0.25) is 0 Å². The second-order valence-corrected chi connectivity index (χ2v) is 3.90. The molecule has 2 aliphatic rings. The molecule has 5 nitrogen and oxygen atoms in total. The number of carbonyl (C=O) groups is 2. The van der Waals surface area contributed by atoms with Gasteiger partial charge in [-0.1, -0.05) is 12.7 Å². The number of esters is 2. The molecule has 1 fully saturated rings. The maximum Gasteiger partial charge on any atom is 0.333 e. The van der Waals surface area contributed by atoms with Gasteiger partial charge in [-0.15, -0.1) is 0 Å². The highest BCUT2D eigenvalue weighted by atomic mass is 16.6. The van der Waals surface area contributed by atoms with Crippen molar-refractivity contribution < 1.29 is 23.8 Å². The zero-order chi connectivity index (χ0) is 13.4. The maximum absolute atomic E-state index is 11.2. The molecule has 0 N–H and O–H groups in total. The lowest BCUT2D eigenvalue weighted by molar-refractivity contribution is -0.139. The molecule has 1 unspecified atom stereocenters. The molecule has 0 aromatic carbocycles. The number of rotatable bonds is 4. The van der Waals surface area contributed by atoms with Crippen molar-refractivity contribution >= 4 is 11.9 Å². The predicted octanol–water partition coefficient (Wildman–Crippen LogP) is 1.38. The van der Waals surface area contributed by atoms with E-state index in [2.05, 4.69) is 11.3 Å².